The van der Waals surface area contributed by atoms with Crippen LogP contribution in [-0.4, -0.2) is 69.1 Å². The van der Waals surface area contributed by atoms with Gasteiger partial charge in [0.15, 0.2) is 0 Å². The normalized spacial score (nSPS) is 48.0. The van der Waals surface area contributed by atoms with Crippen LogP contribution in [0.5, 0.6) is 0 Å². The molecule has 0 spiro atoms. The first kappa shape index (κ1) is 33.9. The highest BCUT2D eigenvalue weighted by molar-refractivity contribution is 5.87. The van der Waals surface area contributed by atoms with Gasteiger partial charge in [0.25, 0.3) is 0 Å². The Kier molecular flexibility index (Phi) is 8.29. The van der Waals surface area contributed by atoms with E-state index in [1.807, 2.05) is 44.2 Å². The van der Waals surface area contributed by atoms with Gasteiger partial charge in [-0.05, 0) is 96.0 Å². The molecule has 46 heavy (non-hydrogen) atoms. The molecule has 0 aliphatic heterocycles. The molecule has 12 atom stereocenters. The molecule has 0 amide bonds. The van der Waals surface area contributed by atoms with Crippen LogP contribution in [0.3, 0.4) is 0 Å². The summed E-state index contributed by atoms with van der Waals surface area (Å²) in [4.78, 5) is 12.8. The maximum absolute atomic E-state index is 12.8. The summed E-state index contributed by atoms with van der Waals surface area (Å²) in [6.07, 6.45) is 6.89. The smallest absolute Gasteiger partial charge is 0.330 e. The van der Waals surface area contributed by atoms with Crippen LogP contribution in [0, 0.1) is 50.2 Å². The van der Waals surface area contributed by atoms with E-state index in [1.165, 1.54) is 11.6 Å². The maximum Gasteiger partial charge on any atom is 0.330 e. The number of allylic oxidation sites excluding steroid dienone is 2. The van der Waals surface area contributed by atoms with E-state index in [1.54, 1.807) is 6.08 Å². The van der Waals surface area contributed by atoms with E-state index in [2.05, 4.69) is 33.8 Å². The van der Waals surface area contributed by atoms with Crippen LogP contribution in [0.2, 0.25) is 0 Å². The third kappa shape index (κ3) is 4.58. The molecule has 5 N–H and O–H groups in total. The van der Waals surface area contributed by atoms with Crippen molar-refractivity contribution in [1.29, 1.82) is 0 Å². The third-order valence-electron chi connectivity index (χ3n) is 14.9. The van der Waals surface area contributed by atoms with Crippen molar-refractivity contribution in [3.05, 3.63) is 53.6 Å². The summed E-state index contributed by atoms with van der Waals surface area (Å²) in [5.41, 5.74) is -0.885. The number of esters is 1. The van der Waals surface area contributed by atoms with Gasteiger partial charge >= 0.3 is 5.97 Å². The molecular formula is C39H56O7. The van der Waals surface area contributed by atoms with Gasteiger partial charge in [0, 0.05) is 11.5 Å². The lowest BCUT2D eigenvalue weighted by Gasteiger charge is -2.72. The predicted octanol–water partition coefficient (Wildman–Crippen LogP) is 5.29. The van der Waals surface area contributed by atoms with Crippen molar-refractivity contribution in [2.24, 2.45) is 50.2 Å². The minimum atomic E-state index is -1.23. The molecule has 0 bridgehead atoms. The fourth-order valence-electron chi connectivity index (χ4n) is 11.9. The molecule has 0 radical (unpaired) electrons. The second kappa shape index (κ2) is 11.3. The highest BCUT2D eigenvalue weighted by Gasteiger charge is 2.72. The quantitative estimate of drug-likeness (QED) is 0.169. The van der Waals surface area contributed by atoms with E-state index >= 15 is 0 Å². The Morgan fingerprint density at radius 3 is 2.26 bits per heavy atom. The van der Waals surface area contributed by atoms with Gasteiger partial charge in [-0.25, -0.2) is 4.79 Å². The Morgan fingerprint density at radius 2 is 1.59 bits per heavy atom. The minimum absolute atomic E-state index is 0.129. The van der Waals surface area contributed by atoms with Gasteiger partial charge < -0.3 is 30.3 Å². The van der Waals surface area contributed by atoms with Gasteiger partial charge in [-0.2, -0.15) is 0 Å². The molecule has 254 valence electrons. The topological polar surface area (TPSA) is 127 Å². The van der Waals surface area contributed by atoms with E-state index in [-0.39, 0.29) is 47.2 Å². The number of aliphatic hydroxyl groups is 5. The number of hydrogen-bond acceptors (Lipinski definition) is 7. The minimum Gasteiger partial charge on any atom is -0.462 e. The first-order chi connectivity index (χ1) is 21.5. The molecule has 0 aromatic heterocycles. The van der Waals surface area contributed by atoms with Crippen molar-refractivity contribution >= 4 is 12.0 Å². The standard InChI is InChI=1S/C39H56O7/c1-34(2)20-26-25-13-14-28-35(3)18-17-29(41)36(4,23-46-31(43)15-12-24-10-8-7-9-11-24)27(35)16-19-37(28,5)38(25,6)21-30(42)39(26,22-40)33(45)32(34)44/h7-13,15,26-30,32-33,40-42,44-45H,14,16-23H2,1-6H3/t26?,27?,28?,29-,30+,32-,33-,35-,36+,37+,38+,39-/m0/s1. The van der Waals surface area contributed by atoms with Crippen molar-refractivity contribution in [3.63, 3.8) is 0 Å². The number of benzene rings is 1. The molecule has 3 unspecified atom stereocenters. The zero-order valence-corrected chi connectivity index (χ0v) is 28.6. The average Bonchev–Trinajstić information content (AvgIpc) is 3.01. The van der Waals surface area contributed by atoms with E-state index < -0.39 is 46.6 Å². The molecule has 4 fully saturated rings. The number of ether oxygens (including phenoxy) is 1. The van der Waals surface area contributed by atoms with Crippen LogP contribution in [0.4, 0.5) is 0 Å². The van der Waals surface area contributed by atoms with Crippen LogP contribution in [0.15, 0.2) is 48.1 Å². The number of rotatable bonds is 5. The Hall–Kier alpha value is -2.03. The zero-order chi connectivity index (χ0) is 33.5. The molecule has 1 aromatic rings. The molecule has 0 heterocycles. The summed E-state index contributed by atoms with van der Waals surface area (Å²) in [6, 6.07) is 9.64. The van der Waals surface area contributed by atoms with Gasteiger partial charge in [0.1, 0.15) is 0 Å². The fourth-order valence-corrected chi connectivity index (χ4v) is 11.9. The molecule has 0 saturated heterocycles. The second-order valence-corrected chi connectivity index (χ2v) is 17.3. The Morgan fingerprint density at radius 1 is 0.891 bits per heavy atom. The zero-order valence-electron chi connectivity index (χ0n) is 28.6. The summed E-state index contributed by atoms with van der Waals surface area (Å²) >= 11 is 0. The molecule has 7 nitrogen and oxygen atoms in total. The highest BCUT2D eigenvalue weighted by atomic mass is 16.5. The third-order valence-corrected chi connectivity index (χ3v) is 14.9. The van der Waals surface area contributed by atoms with Crippen molar-refractivity contribution in [1.82, 2.24) is 0 Å². The number of fused-ring (bicyclic) bond motifs is 7. The maximum atomic E-state index is 12.8. The van der Waals surface area contributed by atoms with E-state index in [9.17, 15) is 30.3 Å². The van der Waals surface area contributed by atoms with Crippen LogP contribution in [0.1, 0.15) is 92.1 Å². The monoisotopic (exact) mass is 636 g/mol. The van der Waals surface area contributed by atoms with E-state index in [0.29, 0.717) is 19.3 Å². The van der Waals surface area contributed by atoms with Crippen LogP contribution >= 0.6 is 0 Å². The van der Waals surface area contributed by atoms with Gasteiger partial charge in [-0.3, -0.25) is 0 Å². The molecule has 7 heteroatoms. The highest BCUT2D eigenvalue weighted by Crippen LogP contribution is 2.75. The first-order valence-corrected chi connectivity index (χ1v) is 17.4. The van der Waals surface area contributed by atoms with Crippen LogP contribution in [0.25, 0.3) is 6.08 Å². The van der Waals surface area contributed by atoms with E-state index in [4.69, 9.17) is 4.74 Å². The number of carbonyl (C=O) groups excluding carboxylic acids is 1. The van der Waals surface area contributed by atoms with Crippen LogP contribution in [-0.2, 0) is 9.53 Å². The number of hydrogen-bond donors (Lipinski definition) is 5. The fraction of sp³-hybridized carbons (Fsp3) is 0.718. The Labute approximate surface area is 274 Å². The average molecular weight is 637 g/mol. The largest absolute Gasteiger partial charge is 0.462 e. The van der Waals surface area contributed by atoms with Crippen LogP contribution < -0.4 is 0 Å². The Balaban J connectivity index is 1.31. The Bertz CT molecular complexity index is 1390. The van der Waals surface area contributed by atoms with Gasteiger partial charge in [0.05, 0.1) is 43.0 Å². The lowest BCUT2D eigenvalue weighted by molar-refractivity contribution is -0.259. The molecule has 5 aliphatic carbocycles. The summed E-state index contributed by atoms with van der Waals surface area (Å²) in [7, 11) is 0. The number of carbonyl (C=O) groups is 1. The van der Waals surface area contributed by atoms with Crippen molar-refractivity contribution < 1.29 is 35.1 Å². The lowest BCUT2D eigenvalue weighted by atomic mass is 9.33. The van der Waals surface area contributed by atoms with Crippen molar-refractivity contribution in [2.75, 3.05) is 13.2 Å². The molecule has 6 rings (SSSR count). The summed E-state index contributed by atoms with van der Waals surface area (Å²) in [5.74, 6) is -0.241. The predicted molar refractivity (Wildman–Crippen MR) is 177 cm³/mol. The van der Waals surface area contributed by atoms with Gasteiger partial charge in [-0.15, -0.1) is 0 Å². The van der Waals surface area contributed by atoms with Gasteiger partial charge in [-0.1, -0.05) is 83.5 Å². The molecule has 5 aliphatic rings. The molecular weight excluding hydrogens is 580 g/mol. The first-order valence-electron chi connectivity index (χ1n) is 17.4. The SMILES string of the molecule is CC1(C)CC2C3=CCC4[C@@]5(C)CC[C@H](O)[C@](C)(COC(=O)C=Cc6ccccc6)C5CC[C@@]4(C)[C@]3(C)C[C@@H](O)[C@@]2(CO)[C@@H](O)[C@@H]1O. The molecule has 4 saturated carbocycles. The lowest BCUT2D eigenvalue weighted by Crippen LogP contribution is -2.71. The number of aliphatic hydroxyl groups excluding tert-OH is 5. The molecule has 1 aromatic carbocycles. The van der Waals surface area contributed by atoms with Gasteiger partial charge in [0.2, 0.25) is 0 Å². The van der Waals surface area contributed by atoms with Crippen molar-refractivity contribution in [3.8, 4) is 0 Å². The van der Waals surface area contributed by atoms with E-state index in [0.717, 1.165) is 31.2 Å². The summed E-state index contributed by atoms with van der Waals surface area (Å²) in [6.45, 7) is 12.9. The van der Waals surface area contributed by atoms with Crippen molar-refractivity contribution in [2.45, 2.75) is 111 Å². The summed E-state index contributed by atoms with van der Waals surface area (Å²) < 4.78 is 5.87. The summed E-state index contributed by atoms with van der Waals surface area (Å²) in [5, 5.41) is 56.8. The second-order valence-electron chi connectivity index (χ2n) is 17.3.